The van der Waals surface area contributed by atoms with E-state index in [2.05, 4.69) is 25.6 Å². The van der Waals surface area contributed by atoms with Crippen LogP contribution in [0.3, 0.4) is 0 Å². The molecule has 2 aromatic heterocycles. The van der Waals surface area contributed by atoms with Crippen LogP contribution in [0, 0.1) is 0 Å². The summed E-state index contributed by atoms with van der Waals surface area (Å²) in [5.41, 5.74) is -2.72. The van der Waals surface area contributed by atoms with Gasteiger partial charge in [-0.1, -0.05) is 23.3 Å². The summed E-state index contributed by atoms with van der Waals surface area (Å²) in [5.74, 6) is -1.44. The number of H-pyrrole nitrogens is 2. The number of rotatable bonds is 6. The molecule has 0 aliphatic carbocycles. The van der Waals surface area contributed by atoms with Crippen LogP contribution in [0.5, 0.6) is 0 Å². The van der Waals surface area contributed by atoms with E-state index in [0.717, 1.165) is 0 Å². The molecule has 0 fully saturated rings. The number of para-hydroxylation sites is 1. The van der Waals surface area contributed by atoms with E-state index >= 15 is 0 Å². The van der Waals surface area contributed by atoms with Crippen molar-refractivity contribution in [1.82, 2.24) is 25.6 Å². The highest BCUT2D eigenvalue weighted by atomic mass is 19.4. The van der Waals surface area contributed by atoms with Crippen LogP contribution >= 0.6 is 0 Å². The SMILES string of the molecule is O=C(O)c1[nH]c2ccccc2c1CN(Cc1cc(C(F)(F)F)cc(C(F)(F)F)c1)c1nn[nH]n1. The minimum absolute atomic E-state index is 0.0321. The van der Waals surface area contributed by atoms with Crippen molar-refractivity contribution in [1.29, 1.82) is 0 Å². The molecule has 8 nitrogen and oxygen atoms in total. The lowest BCUT2D eigenvalue weighted by Crippen LogP contribution is -2.25. The third-order valence-corrected chi connectivity index (χ3v) is 5.01. The summed E-state index contributed by atoms with van der Waals surface area (Å²) in [6.07, 6.45) is -10.0. The van der Waals surface area contributed by atoms with Gasteiger partial charge in [-0.25, -0.2) is 4.79 Å². The number of nitrogens with zero attached hydrogens (tertiary/aromatic N) is 4. The quantitative estimate of drug-likeness (QED) is 0.345. The molecule has 14 heteroatoms. The van der Waals surface area contributed by atoms with E-state index < -0.39 is 36.0 Å². The van der Waals surface area contributed by atoms with E-state index in [9.17, 15) is 36.2 Å². The van der Waals surface area contributed by atoms with Crippen molar-refractivity contribution in [2.45, 2.75) is 25.4 Å². The second-order valence-electron chi connectivity index (χ2n) is 7.31. The lowest BCUT2D eigenvalue weighted by atomic mass is 10.0. The molecule has 2 heterocycles. The minimum Gasteiger partial charge on any atom is -0.477 e. The molecule has 0 saturated carbocycles. The summed E-state index contributed by atoms with van der Waals surface area (Å²) in [6, 6.07) is 7.81. The smallest absolute Gasteiger partial charge is 0.416 e. The first-order valence-electron chi connectivity index (χ1n) is 9.53. The monoisotopic (exact) mass is 484 g/mol. The van der Waals surface area contributed by atoms with Gasteiger partial charge >= 0.3 is 18.3 Å². The number of aromatic nitrogens is 5. The molecule has 0 spiro atoms. The van der Waals surface area contributed by atoms with Gasteiger partial charge in [-0.15, -0.1) is 5.10 Å². The van der Waals surface area contributed by atoms with Crippen LogP contribution in [0.1, 0.15) is 32.7 Å². The van der Waals surface area contributed by atoms with E-state index in [-0.39, 0.29) is 35.4 Å². The maximum absolute atomic E-state index is 13.3. The number of tetrazole rings is 1. The first-order chi connectivity index (χ1) is 15.9. The highest BCUT2D eigenvalue weighted by Crippen LogP contribution is 2.37. The van der Waals surface area contributed by atoms with E-state index in [4.69, 9.17) is 0 Å². The average Bonchev–Trinajstić information content (AvgIpc) is 3.40. The van der Waals surface area contributed by atoms with E-state index in [1.165, 1.54) is 4.90 Å². The molecule has 0 atom stereocenters. The number of halogens is 6. The van der Waals surface area contributed by atoms with Crippen LogP contribution in [0.2, 0.25) is 0 Å². The summed E-state index contributed by atoms with van der Waals surface area (Å²) in [5, 5.41) is 23.2. The molecule has 0 radical (unpaired) electrons. The van der Waals surface area contributed by atoms with Gasteiger partial charge in [-0.05, 0) is 35.0 Å². The Morgan fingerprint density at radius 3 is 2.18 bits per heavy atom. The zero-order valence-electron chi connectivity index (χ0n) is 16.9. The Morgan fingerprint density at radius 1 is 0.971 bits per heavy atom. The van der Waals surface area contributed by atoms with Crippen LogP contribution in [0.4, 0.5) is 32.3 Å². The van der Waals surface area contributed by atoms with E-state index in [1.54, 1.807) is 24.3 Å². The number of alkyl halides is 6. The van der Waals surface area contributed by atoms with Crippen LogP contribution in [0.15, 0.2) is 42.5 Å². The van der Waals surface area contributed by atoms with Gasteiger partial charge in [0.25, 0.3) is 5.95 Å². The topological polar surface area (TPSA) is 111 Å². The maximum Gasteiger partial charge on any atom is 0.416 e. The Kier molecular flexibility index (Phi) is 5.67. The number of benzene rings is 2. The van der Waals surface area contributed by atoms with Crippen LogP contribution in [-0.4, -0.2) is 36.7 Å². The predicted octanol–water partition coefficient (Wildman–Crippen LogP) is 4.62. The van der Waals surface area contributed by atoms with Gasteiger partial charge in [0.1, 0.15) is 5.69 Å². The fourth-order valence-corrected chi connectivity index (χ4v) is 3.56. The van der Waals surface area contributed by atoms with Crippen molar-refractivity contribution < 1.29 is 36.2 Å². The molecule has 0 unspecified atom stereocenters. The van der Waals surface area contributed by atoms with Crippen molar-refractivity contribution in [3.05, 3.63) is 70.4 Å². The fraction of sp³-hybridized carbons (Fsp3) is 0.200. The Balaban J connectivity index is 1.79. The van der Waals surface area contributed by atoms with Gasteiger partial charge in [0.2, 0.25) is 0 Å². The first-order valence-corrected chi connectivity index (χ1v) is 9.53. The molecular weight excluding hydrogens is 470 g/mol. The third-order valence-electron chi connectivity index (χ3n) is 5.01. The highest BCUT2D eigenvalue weighted by molar-refractivity contribution is 5.97. The van der Waals surface area contributed by atoms with Crippen LogP contribution in [0.25, 0.3) is 10.9 Å². The summed E-state index contributed by atoms with van der Waals surface area (Å²) >= 11 is 0. The molecule has 2 aromatic carbocycles. The molecular formula is C20H14F6N6O2. The van der Waals surface area contributed by atoms with Gasteiger partial charge in [0.05, 0.1) is 11.1 Å². The normalized spacial score (nSPS) is 12.3. The number of aromatic carboxylic acids is 1. The highest BCUT2D eigenvalue weighted by Gasteiger charge is 2.37. The standard InChI is InChI=1S/C20H14F6N6O2/c21-19(22,23)11-5-10(6-12(7-11)20(24,25)26)8-32(18-28-30-31-29-18)9-14-13-3-1-2-4-15(13)27-16(14)17(33)34/h1-7,27H,8-9H2,(H,33,34)(H,28,29,30,31). The summed E-state index contributed by atoms with van der Waals surface area (Å²) in [6.45, 7) is -0.742. The molecule has 34 heavy (non-hydrogen) atoms. The van der Waals surface area contributed by atoms with Gasteiger partial charge in [-0.2, -0.15) is 31.6 Å². The minimum atomic E-state index is -5.01. The number of aromatic amines is 2. The second-order valence-corrected chi connectivity index (χ2v) is 7.31. The summed E-state index contributed by atoms with van der Waals surface area (Å²) < 4.78 is 79.7. The van der Waals surface area contributed by atoms with Crippen molar-refractivity contribution in [3.63, 3.8) is 0 Å². The Bertz CT molecular complexity index is 1300. The molecule has 178 valence electrons. The molecule has 4 aromatic rings. The first kappa shape index (κ1) is 23.1. The number of hydrogen-bond acceptors (Lipinski definition) is 5. The zero-order chi connectivity index (χ0) is 24.7. The predicted molar refractivity (Wildman–Crippen MR) is 106 cm³/mol. The van der Waals surface area contributed by atoms with E-state index in [0.29, 0.717) is 23.0 Å². The maximum atomic E-state index is 13.3. The Hall–Kier alpha value is -4.10. The Morgan fingerprint density at radius 2 is 1.62 bits per heavy atom. The van der Waals surface area contributed by atoms with Crippen LogP contribution in [-0.2, 0) is 25.4 Å². The number of anilines is 1. The van der Waals surface area contributed by atoms with Gasteiger partial charge in [0.15, 0.2) is 0 Å². The van der Waals surface area contributed by atoms with Gasteiger partial charge in [0, 0.05) is 29.6 Å². The number of carboxylic acid groups (broad SMARTS) is 1. The average molecular weight is 484 g/mol. The number of nitrogens with one attached hydrogen (secondary N) is 2. The number of hydrogen-bond donors (Lipinski definition) is 3. The lowest BCUT2D eigenvalue weighted by Gasteiger charge is -2.22. The van der Waals surface area contributed by atoms with Crippen molar-refractivity contribution >= 4 is 22.8 Å². The molecule has 0 saturated heterocycles. The molecule has 4 rings (SSSR count). The zero-order valence-corrected chi connectivity index (χ0v) is 16.9. The molecule has 0 amide bonds. The summed E-state index contributed by atoms with van der Waals surface area (Å²) in [4.78, 5) is 15.7. The molecule has 0 aliphatic rings. The van der Waals surface area contributed by atoms with Crippen molar-refractivity contribution in [3.8, 4) is 0 Å². The largest absolute Gasteiger partial charge is 0.477 e. The van der Waals surface area contributed by atoms with Crippen molar-refractivity contribution in [2.24, 2.45) is 0 Å². The summed E-state index contributed by atoms with van der Waals surface area (Å²) in [7, 11) is 0. The molecule has 0 aliphatic heterocycles. The van der Waals surface area contributed by atoms with E-state index in [1.807, 2.05) is 0 Å². The third kappa shape index (κ3) is 4.65. The van der Waals surface area contributed by atoms with Crippen molar-refractivity contribution in [2.75, 3.05) is 4.90 Å². The molecule has 3 N–H and O–H groups in total. The second kappa shape index (κ2) is 8.35. The number of carboxylic acids is 1. The Labute approximate surface area is 186 Å². The van der Waals surface area contributed by atoms with Gasteiger partial charge < -0.3 is 15.0 Å². The lowest BCUT2D eigenvalue weighted by molar-refractivity contribution is -0.143. The molecule has 0 bridgehead atoms. The number of fused-ring (bicyclic) bond motifs is 1. The van der Waals surface area contributed by atoms with Crippen LogP contribution < -0.4 is 4.90 Å². The van der Waals surface area contributed by atoms with Gasteiger partial charge in [-0.3, -0.25) is 0 Å². The fourth-order valence-electron chi connectivity index (χ4n) is 3.56. The number of carbonyl (C=O) groups is 1.